The minimum absolute atomic E-state index is 0.113. The summed E-state index contributed by atoms with van der Waals surface area (Å²) < 4.78 is 10.5. The number of benzene rings is 1. The van der Waals surface area contributed by atoms with Gasteiger partial charge < -0.3 is 24.9 Å². The van der Waals surface area contributed by atoms with E-state index >= 15 is 0 Å². The minimum atomic E-state index is -0.852. The Kier molecular flexibility index (Phi) is 6.43. The first kappa shape index (κ1) is 21.7. The quantitative estimate of drug-likeness (QED) is 0.402. The maximum Gasteiger partial charge on any atom is 0.366 e. The van der Waals surface area contributed by atoms with Gasteiger partial charge in [0.25, 0.3) is 11.7 Å². The summed E-state index contributed by atoms with van der Waals surface area (Å²) in [7, 11) is 0. The number of fused-ring (bicyclic) bond motifs is 1. The second kappa shape index (κ2) is 9.20. The number of nitro groups is 1. The van der Waals surface area contributed by atoms with E-state index < -0.39 is 41.2 Å². The summed E-state index contributed by atoms with van der Waals surface area (Å²) in [4.78, 5) is 52.9. The Bertz CT molecular complexity index is 1040. The van der Waals surface area contributed by atoms with Crippen LogP contribution in [-0.2, 0) is 14.3 Å². The molecule has 1 aromatic heterocycles. The van der Waals surface area contributed by atoms with E-state index in [4.69, 9.17) is 9.47 Å². The highest BCUT2D eigenvalue weighted by molar-refractivity contribution is 6.07. The third-order valence-corrected chi connectivity index (χ3v) is 4.45. The van der Waals surface area contributed by atoms with Crippen LogP contribution in [0.2, 0.25) is 0 Å². The summed E-state index contributed by atoms with van der Waals surface area (Å²) in [6, 6.07) is 8.79. The zero-order valence-corrected chi connectivity index (χ0v) is 16.9. The zero-order valence-electron chi connectivity index (χ0n) is 16.9. The number of rotatable bonds is 7. The molecule has 0 saturated carbocycles. The Balaban J connectivity index is 1.87. The van der Waals surface area contributed by atoms with Crippen LogP contribution in [0.5, 0.6) is 5.75 Å². The van der Waals surface area contributed by atoms with E-state index in [2.05, 4.69) is 10.3 Å². The zero-order chi connectivity index (χ0) is 22.5. The molecule has 1 aromatic carbocycles. The summed E-state index contributed by atoms with van der Waals surface area (Å²) in [5.41, 5.74) is 0.373. The Morgan fingerprint density at radius 2 is 2.00 bits per heavy atom. The molecule has 0 saturated heterocycles. The molecule has 162 valence electrons. The number of amides is 2. The van der Waals surface area contributed by atoms with Crippen molar-refractivity contribution in [2.24, 2.45) is 0 Å². The number of hydrogen-bond donors (Lipinski definition) is 1. The van der Waals surface area contributed by atoms with Gasteiger partial charge in [0.2, 0.25) is 5.91 Å². The van der Waals surface area contributed by atoms with Gasteiger partial charge in [-0.05, 0) is 41.5 Å². The molecule has 0 bridgehead atoms. The van der Waals surface area contributed by atoms with Crippen LogP contribution >= 0.6 is 0 Å². The highest BCUT2D eigenvalue weighted by Crippen LogP contribution is 2.34. The van der Waals surface area contributed by atoms with Crippen molar-refractivity contribution in [2.75, 3.05) is 23.4 Å². The van der Waals surface area contributed by atoms with Crippen molar-refractivity contribution in [3.8, 4) is 5.75 Å². The van der Waals surface area contributed by atoms with Crippen molar-refractivity contribution in [2.45, 2.75) is 26.4 Å². The van der Waals surface area contributed by atoms with Crippen molar-refractivity contribution >= 4 is 35.1 Å². The van der Waals surface area contributed by atoms with Crippen LogP contribution < -0.4 is 15.0 Å². The number of aromatic nitrogens is 1. The van der Waals surface area contributed by atoms with E-state index in [1.54, 1.807) is 26.0 Å². The van der Waals surface area contributed by atoms with Crippen LogP contribution in [0.15, 0.2) is 36.4 Å². The molecular formula is C20H20N4O7. The van der Waals surface area contributed by atoms with Gasteiger partial charge in [-0.3, -0.25) is 14.5 Å². The highest BCUT2D eigenvalue weighted by atomic mass is 16.6. The van der Waals surface area contributed by atoms with Gasteiger partial charge in [0.05, 0.1) is 17.9 Å². The number of carbonyl (C=O) groups excluding carboxylic acids is 3. The van der Waals surface area contributed by atoms with E-state index in [0.717, 1.165) is 11.0 Å². The van der Waals surface area contributed by atoms with Gasteiger partial charge in [-0.25, -0.2) is 4.79 Å². The molecule has 1 aliphatic heterocycles. The summed E-state index contributed by atoms with van der Waals surface area (Å²) in [6.45, 7) is 3.09. The lowest BCUT2D eigenvalue weighted by molar-refractivity contribution is -0.389. The molecule has 0 radical (unpaired) electrons. The standard InChI is InChI=1S/C20H20N4O7/c1-3-14-19(26)23(18-15(31-14)9-10-16(22-18)24(28)29)11-17(25)21-13-8-6-5-7-12(13)20(27)30-4-2/h5-10,14H,3-4,11H2,1-2H3,(H,21,25). The fraction of sp³-hybridized carbons (Fsp3) is 0.300. The lowest BCUT2D eigenvalue weighted by Crippen LogP contribution is -2.49. The third-order valence-electron chi connectivity index (χ3n) is 4.45. The molecule has 1 N–H and O–H groups in total. The molecule has 1 atom stereocenters. The molecule has 1 unspecified atom stereocenters. The number of anilines is 2. The van der Waals surface area contributed by atoms with Gasteiger partial charge in [-0.15, -0.1) is 0 Å². The van der Waals surface area contributed by atoms with Crippen LogP contribution in [0.3, 0.4) is 0 Å². The van der Waals surface area contributed by atoms with Gasteiger partial charge in [0.15, 0.2) is 11.9 Å². The second-order valence-electron chi connectivity index (χ2n) is 6.50. The highest BCUT2D eigenvalue weighted by Gasteiger charge is 2.39. The molecular weight excluding hydrogens is 408 g/mol. The molecule has 0 aliphatic carbocycles. The maximum atomic E-state index is 12.8. The van der Waals surface area contributed by atoms with Gasteiger partial charge in [-0.2, -0.15) is 0 Å². The van der Waals surface area contributed by atoms with Crippen LogP contribution in [0.1, 0.15) is 30.6 Å². The van der Waals surface area contributed by atoms with Crippen molar-refractivity contribution in [3.63, 3.8) is 0 Å². The number of esters is 1. The Hall–Kier alpha value is -4.02. The average molecular weight is 428 g/mol. The maximum absolute atomic E-state index is 12.8. The number of nitrogens with zero attached hydrogens (tertiary/aromatic N) is 3. The molecule has 31 heavy (non-hydrogen) atoms. The summed E-state index contributed by atoms with van der Waals surface area (Å²) in [5.74, 6) is -2.20. The first-order valence-electron chi connectivity index (χ1n) is 9.55. The number of carbonyl (C=O) groups is 3. The molecule has 2 amide bonds. The normalized spacial score (nSPS) is 15.0. The molecule has 3 rings (SSSR count). The second-order valence-corrected chi connectivity index (χ2v) is 6.50. The molecule has 2 heterocycles. The van der Waals surface area contributed by atoms with Crippen molar-refractivity contribution in [1.29, 1.82) is 0 Å². The number of hydrogen-bond acceptors (Lipinski definition) is 8. The van der Waals surface area contributed by atoms with Crippen molar-refractivity contribution in [1.82, 2.24) is 4.98 Å². The first-order valence-corrected chi connectivity index (χ1v) is 9.55. The smallest absolute Gasteiger partial charge is 0.366 e. The molecule has 11 nitrogen and oxygen atoms in total. The van der Waals surface area contributed by atoms with E-state index in [0.29, 0.717) is 6.42 Å². The fourth-order valence-corrected chi connectivity index (χ4v) is 3.02. The largest absolute Gasteiger partial charge is 0.474 e. The molecule has 0 spiro atoms. The van der Waals surface area contributed by atoms with Crippen LogP contribution in [0.4, 0.5) is 17.3 Å². The van der Waals surface area contributed by atoms with Gasteiger partial charge in [0, 0.05) is 6.07 Å². The predicted molar refractivity (Wildman–Crippen MR) is 109 cm³/mol. The van der Waals surface area contributed by atoms with Crippen LogP contribution in [-0.4, -0.2) is 46.9 Å². The van der Waals surface area contributed by atoms with Crippen LogP contribution in [0, 0.1) is 10.1 Å². The van der Waals surface area contributed by atoms with E-state index in [1.807, 2.05) is 0 Å². The Morgan fingerprint density at radius 3 is 2.68 bits per heavy atom. The summed E-state index contributed by atoms with van der Waals surface area (Å²) in [5, 5.41) is 13.7. The van der Waals surface area contributed by atoms with E-state index in [1.165, 1.54) is 18.2 Å². The topological polar surface area (TPSA) is 141 Å². The predicted octanol–water partition coefficient (Wildman–Crippen LogP) is 2.31. The molecule has 2 aromatic rings. The molecule has 0 fully saturated rings. The van der Waals surface area contributed by atoms with Gasteiger partial charge in [-0.1, -0.05) is 19.1 Å². The lowest BCUT2D eigenvalue weighted by atomic mass is 10.1. The summed E-state index contributed by atoms with van der Waals surface area (Å²) >= 11 is 0. The molecule has 1 aliphatic rings. The van der Waals surface area contributed by atoms with Crippen molar-refractivity contribution in [3.05, 3.63) is 52.1 Å². The van der Waals surface area contributed by atoms with Crippen LogP contribution in [0.25, 0.3) is 0 Å². The number of pyridine rings is 1. The Labute approximate surface area is 177 Å². The SMILES string of the molecule is CCOC(=O)c1ccccc1NC(=O)CN1C(=O)C(CC)Oc2ccc([N+](=O)[O-])nc21. The Morgan fingerprint density at radius 1 is 1.26 bits per heavy atom. The van der Waals surface area contributed by atoms with E-state index in [-0.39, 0.29) is 29.4 Å². The third kappa shape index (κ3) is 4.60. The van der Waals surface area contributed by atoms with E-state index in [9.17, 15) is 24.5 Å². The fourth-order valence-electron chi connectivity index (χ4n) is 3.02. The minimum Gasteiger partial charge on any atom is -0.474 e. The van der Waals surface area contributed by atoms with Gasteiger partial charge in [0.1, 0.15) is 6.54 Å². The first-order chi connectivity index (χ1) is 14.8. The molecule has 11 heteroatoms. The number of nitrogens with one attached hydrogen (secondary N) is 1. The van der Waals surface area contributed by atoms with Gasteiger partial charge >= 0.3 is 11.8 Å². The van der Waals surface area contributed by atoms with Crippen molar-refractivity contribution < 1.29 is 28.8 Å². The number of ether oxygens (including phenoxy) is 2. The average Bonchev–Trinajstić information content (AvgIpc) is 2.75. The summed E-state index contributed by atoms with van der Waals surface area (Å²) in [6.07, 6.45) is -0.519. The monoisotopic (exact) mass is 428 g/mol. The lowest BCUT2D eigenvalue weighted by Gasteiger charge is -2.30. The number of para-hydroxylation sites is 1.